The zero-order valence-electron chi connectivity index (χ0n) is 13.7. The van der Waals surface area contributed by atoms with Crippen LogP contribution in [-0.2, 0) is 12.8 Å². The predicted molar refractivity (Wildman–Crippen MR) is 102 cm³/mol. The molecule has 0 saturated heterocycles. The molecule has 2 heterocycles. The number of H-pyrrole nitrogens is 1. The van der Waals surface area contributed by atoms with Crippen LogP contribution < -0.4 is 11.5 Å². The molecule has 124 valence electrons. The number of aromatic nitrogens is 3. The number of nitrogens with zero attached hydrogens (tertiary/aromatic N) is 2. The van der Waals surface area contributed by atoms with Crippen molar-refractivity contribution in [2.45, 2.75) is 12.8 Å². The molecule has 0 radical (unpaired) electrons. The maximum Gasteiger partial charge on any atom is 0.153 e. The Balaban J connectivity index is 1.77. The summed E-state index contributed by atoms with van der Waals surface area (Å²) in [5.41, 5.74) is 17.5. The Hall–Kier alpha value is -3.34. The Bertz CT molecular complexity index is 1020. The van der Waals surface area contributed by atoms with Gasteiger partial charge in [0.1, 0.15) is 5.82 Å². The molecule has 0 fully saturated rings. The molecule has 25 heavy (non-hydrogen) atoms. The van der Waals surface area contributed by atoms with Crippen LogP contribution in [0.15, 0.2) is 60.8 Å². The molecule has 0 aliphatic carbocycles. The van der Waals surface area contributed by atoms with Gasteiger partial charge in [-0.2, -0.15) is 5.10 Å². The van der Waals surface area contributed by atoms with Crippen LogP contribution in [0.25, 0.3) is 22.0 Å². The van der Waals surface area contributed by atoms with Crippen LogP contribution in [0.5, 0.6) is 0 Å². The van der Waals surface area contributed by atoms with Crippen LogP contribution in [0.4, 0.5) is 11.6 Å². The van der Waals surface area contributed by atoms with E-state index in [0.717, 1.165) is 34.9 Å². The third-order valence-electron chi connectivity index (χ3n) is 4.42. The van der Waals surface area contributed by atoms with Crippen molar-refractivity contribution < 1.29 is 0 Å². The third kappa shape index (κ3) is 3.04. The number of hydrogen-bond acceptors (Lipinski definition) is 4. The molecule has 0 unspecified atom stereocenters. The van der Waals surface area contributed by atoms with Gasteiger partial charge in [-0.3, -0.25) is 5.10 Å². The second kappa shape index (κ2) is 6.28. The van der Waals surface area contributed by atoms with Gasteiger partial charge in [-0.25, -0.2) is 4.98 Å². The lowest BCUT2D eigenvalue weighted by atomic mass is 9.97. The number of nitrogens with one attached hydrogen (secondary N) is 1. The van der Waals surface area contributed by atoms with Gasteiger partial charge in [0, 0.05) is 11.6 Å². The average molecular weight is 329 g/mol. The van der Waals surface area contributed by atoms with E-state index in [9.17, 15) is 0 Å². The zero-order valence-corrected chi connectivity index (χ0v) is 13.7. The van der Waals surface area contributed by atoms with Crippen LogP contribution in [0, 0.1) is 0 Å². The first kappa shape index (κ1) is 15.2. The standard InChI is InChI=1S/C20H19N5/c21-18-12-14(8-9-23-18)16-10-15(7-6-13-4-2-1-3-5-13)19-17(11-16)20(22)25-24-19/h1-5,8-12H,6-7H2,(H2,21,23)(H3,22,24,25). The number of anilines is 2. The summed E-state index contributed by atoms with van der Waals surface area (Å²) in [6.45, 7) is 0. The van der Waals surface area contributed by atoms with E-state index in [1.54, 1.807) is 6.20 Å². The van der Waals surface area contributed by atoms with Gasteiger partial charge in [-0.05, 0) is 59.4 Å². The second-order valence-electron chi connectivity index (χ2n) is 6.12. The smallest absolute Gasteiger partial charge is 0.153 e. The summed E-state index contributed by atoms with van der Waals surface area (Å²) in [6, 6.07) is 18.5. The van der Waals surface area contributed by atoms with Crippen LogP contribution in [0.1, 0.15) is 11.1 Å². The molecular weight excluding hydrogens is 310 g/mol. The normalized spacial score (nSPS) is 11.0. The molecular formula is C20H19N5. The van der Waals surface area contributed by atoms with Crippen molar-refractivity contribution in [1.82, 2.24) is 15.2 Å². The number of nitrogens with two attached hydrogens (primary N) is 2. The van der Waals surface area contributed by atoms with Crippen molar-refractivity contribution in [3.63, 3.8) is 0 Å². The van der Waals surface area contributed by atoms with Crippen molar-refractivity contribution >= 4 is 22.5 Å². The number of aromatic amines is 1. The van der Waals surface area contributed by atoms with Gasteiger partial charge in [-0.1, -0.05) is 30.3 Å². The summed E-state index contributed by atoms with van der Waals surface area (Å²) in [4.78, 5) is 4.07. The fraction of sp³-hybridized carbons (Fsp3) is 0.100. The van der Waals surface area contributed by atoms with Crippen molar-refractivity contribution in [3.8, 4) is 11.1 Å². The number of rotatable bonds is 4. The van der Waals surface area contributed by atoms with E-state index in [1.165, 1.54) is 11.1 Å². The highest BCUT2D eigenvalue weighted by Gasteiger charge is 2.11. The quantitative estimate of drug-likeness (QED) is 0.533. The van der Waals surface area contributed by atoms with Gasteiger partial charge >= 0.3 is 0 Å². The molecule has 4 rings (SSSR count). The fourth-order valence-electron chi connectivity index (χ4n) is 3.13. The first-order chi connectivity index (χ1) is 12.2. The van der Waals surface area contributed by atoms with E-state index in [2.05, 4.69) is 51.6 Å². The summed E-state index contributed by atoms with van der Waals surface area (Å²) in [7, 11) is 0. The molecule has 0 aliphatic heterocycles. The molecule has 0 aliphatic rings. The van der Waals surface area contributed by atoms with Crippen LogP contribution >= 0.6 is 0 Å². The Morgan fingerprint density at radius 1 is 0.880 bits per heavy atom. The first-order valence-electron chi connectivity index (χ1n) is 8.23. The molecule has 0 saturated carbocycles. The number of aryl methyl sites for hydroxylation is 2. The van der Waals surface area contributed by atoms with Gasteiger partial charge in [-0.15, -0.1) is 0 Å². The minimum Gasteiger partial charge on any atom is -0.384 e. The maximum absolute atomic E-state index is 6.05. The summed E-state index contributed by atoms with van der Waals surface area (Å²) in [5.74, 6) is 1.02. The van der Waals surface area contributed by atoms with Gasteiger partial charge in [0.2, 0.25) is 0 Å². The molecule has 5 N–H and O–H groups in total. The Morgan fingerprint density at radius 2 is 1.72 bits per heavy atom. The number of pyridine rings is 1. The topological polar surface area (TPSA) is 93.6 Å². The maximum atomic E-state index is 6.05. The Kier molecular flexibility index (Phi) is 3.82. The van der Waals surface area contributed by atoms with Crippen molar-refractivity contribution in [3.05, 3.63) is 71.9 Å². The van der Waals surface area contributed by atoms with E-state index >= 15 is 0 Å². The molecule has 0 atom stereocenters. The second-order valence-corrected chi connectivity index (χ2v) is 6.12. The monoisotopic (exact) mass is 329 g/mol. The van der Waals surface area contributed by atoms with Gasteiger partial charge in [0.05, 0.1) is 5.52 Å². The summed E-state index contributed by atoms with van der Waals surface area (Å²) < 4.78 is 0. The van der Waals surface area contributed by atoms with E-state index in [4.69, 9.17) is 11.5 Å². The van der Waals surface area contributed by atoms with Crippen molar-refractivity contribution in [2.75, 3.05) is 11.5 Å². The molecule has 2 aromatic carbocycles. The minimum absolute atomic E-state index is 0.503. The molecule has 5 heteroatoms. The number of hydrogen-bond donors (Lipinski definition) is 3. The largest absolute Gasteiger partial charge is 0.384 e. The molecule has 0 amide bonds. The fourth-order valence-corrected chi connectivity index (χ4v) is 3.13. The molecule has 0 bridgehead atoms. The van der Waals surface area contributed by atoms with Crippen LogP contribution in [0.3, 0.4) is 0 Å². The highest BCUT2D eigenvalue weighted by atomic mass is 15.1. The number of fused-ring (bicyclic) bond motifs is 1. The molecule has 4 aromatic rings. The SMILES string of the molecule is Nc1cc(-c2cc(CCc3ccccc3)c3[nH]nc(N)c3c2)ccn1. The number of benzene rings is 2. The predicted octanol–water partition coefficient (Wildman–Crippen LogP) is 3.57. The minimum atomic E-state index is 0.503. The summed E-state index contributed by atoms with van der Waals surface area (Å²) >= 11 is 0. The summed E-state index contributed by atoms with van der Waals surface area (Å²) in [6.07, 6.45) is 3.57. The first-order valence-corrected chi connectivity index (χ1v) is 8.23. The van der Waals surface area contributed by atoms with Gasteiger partial charge in [0.25, 0.3) is 0 Å². The van der Waals surface area contributed by atoms with Crippen molar-refractivity contribution in [1.29, 1.82) is 0 Å². The van der Waals surface area contributed by atoms with E-state index in [0.29, 0.717) is 11.6 Å². The van der Waals surface area contributed by atoms with E-state index in [1.807, 2.05) is 18.2 Å². The highest BCUT2D eigenvalue weighted by Crippen LogP contribution is 2.30. The third-order valence-corrected chi connectivity index (χ3v) is 4.42. The Labute approximate surface area is 145 Å². The molecule has 0 spiro atoms. The lowest BCUT2D eigenvalue weighted by molar-refractivity contribution is 0.962. The highest BCUT2D eigenvalue weighted by molar-refractivity contribution is 5.94. The zero-order chi connectivity index (χ0) is 17.2. The van der Waals surface area contributed by atoms with E-state index in [-0.39, 0.29) is 0 Å². The average Bonchev–Trinajstić information content (AvgIpc) is 3.02. The lowest BCUT2D eigenvalue weighted by Gasteiger charge is -2.09. The van der Waals surface area contributed by atoms with Crippen molar-refractivity contribution in [2.24, 2.45) is 0 Å². The van der Waals surface area contributed by atoms with Crippen LogP contribution in [0.2, 0.25) is 0 Å². The van der Waals surface area contributed by atoms with Gasteiger partial charge in [0.15, 0.2) is 5.82 Å². The Morgan fingerprint density at radius 3 is 2.52 bits per heavy atom. The van der Waals surface area contributed by atoms with E-state index < -0.39 is 0 Å². The molecule has 2 aromatic heterocycles. The number of nitrogen functional groups attached to an aromatic ring is 2. The lowest BCUT2D eigenvalue weighted by Crippen LogP contribution is -1.95. The van der Waals surface area contributed by atoms with Gasteiger partial charge < -0.3 is 11.5 Å². The summed E-state index contributed by atoms with van der Waals surface area (Å²) in [5, 5.41) is 8.19. The van der Waals surface area contributed by atoms with Crippen LogP contribution in [-0.4, -0.2) is 15.2 Å². The molecule has 5 nitrogen and oxygen atoms in total.